The third-order valence-electron chi connectivity index (χ3n) is 1.67. The summed E-state index contributed by atoms with van der Waals surface area (Å²) in [5.74, 6) is 0. The lowest BCUT2D eigenvalue weighted by Gasteiger charge is -2.01. The average molecular weight is 219 g/mol. The Morgan fingerprint density at radius 2 is 1.75 bits per heavy atom. The molecule has 68 valence electrons. The van der Waals surface area contributed by atoms with E-state index in [9.17, 15) is 0 Å². The van der Waals surface area contributed by atoms with E-state index in [1.807, 2.05) is 35.3 Å². The molecule has 1 rings (SSSR count). The van der Waals surface area contributed by atoms with Crippen LogP contribution in [0.25, 0.3) is 0 Å². The van der Waals surface area contributed by atoms with Crippen molar-refractivity contribution in [3.05, 3.63) is 6.20 Å². The normalized spacial score (nSPS) is 10.7. The third kappa shape index (κ3) is 1.80. The number of thioether (sulfide) groups is 3. The third-order valence-corrected chi connectivity index (χ3v) is 4.37. The van der Waals surface area contributed by atoms with E-state index in [1.54, 1.807) is 0 Å². The van der Waals surface area contributed by atoms with Crippen LogP contribution in [0.2, 0.25) is 0 Å². The molecule has 0 fully saturated rings. The molecule has 12 heavy (non-hydrogen) atoms. The smallest absolute Gasteiger partial charge is 0.0892 e. The number of nitrogens with zero attached hydrogens (tertiary/aromatic N) is 1. The highest BCUT2D eigenvalue weighted by Crippen LogP contribution is 2.37. The summed E-state index contributed by atoms with van der Waals surface area (Å²) in [4.78, 5) is 2.80. The topological polar surface area (TPSA) is 4.93 Å². The minimum Gasteiger partial charge on any atom is -0.344 e. The van der Waals surface area contributed by atoms with Gasteiger partial charge in [-0.25, -0.2) is 0 Å². The zero-order valence-corrected chi connectivity index (χ0v) is 10.2. The second kappa shape index (κ2) is 4.53. The first-order chi connectivity index (χ1) is 5.74. The summed E-state index contributed by atoms with van der Waals surface area (Å²) in [5, 5.41) is 1.37. The summed E-state index contributed by atoms with van der Waals surface area (Å²) in [5.41, 5.74) is 0. The fourth-order valence-corrected chi connectivity index (χ4v) is 3.95. The van der Waals surface area contributed by atoms with Gasteiger partial charge in [-0.15, -0.1) is 35.3 Å². The minimum absolute atomic E-state index is 1.37. The van der Waals surface area contributed by atoms with Crippen LogP contribution in [0.3, 0.4) is 0 Å². The molecule has 0 aliphatic carbocycles. The molecule has 0 radical (unpaired) electrons. The van der Waals surface area contributed by atoms with E-state index in [0.717, 1.165) is 0 Å². The monoisotopic (exact) mass is 219 g/mol. The Labute approximate surface area is 86.7 Å². The molecule has 0 aliphatic heterocycles. The fourth-order valence-electron chi connectivity index (χ4n) is 1.13. The van der Waals surface area contributed by atoms with Gasteiger partial charge in [-0.2, -0.15) is 0 Å². The summed E-state index contributed by atoms with van der Waals surface area (Å²) in [6, 6.07) is 0. The summed E-state index contributed by atoms with van der Waals surface area (Å²) < 4.78 is 2.20. The van der Waals surface area contributed by atoms with Gasteiger partial charge in [0, 0.05) is 18.1 Å². The molecule has 0 N–H and O–H groups in total. The van der Waals surface area contributed by atoms with Crippen LogP contribution in [0.4, 0.5) is 0 Å². The molecule has 1 aromatic heterocycles. The maximum absolute atomic E-state index is 2.20. The first-order valence-corrected chi connectivity index (χ1v) is 7.23. The Morgan fingerprint density at radius 3 is 2.17 bits per heavy atom. The van der Waals surface area contributed by atoms with Crippen molar-refractivity contribution in [1.29, 1.82) is 0 Å². The maximum Gasteiger partial charge on any atom is 0.0892 e. The number of aryl methyl sites for hydroxylation is 1. The van der Waals surface area contributed by atoms with Gasteiger partial charge in [0.05, 0.1) is 9.92 Å². The van der Waals surface area contributed by atoms with Gasteiger partial charge in [0.25, 0.3) is 0 Å². The molecule has 0 saturated heterocycles. The highest BCUT2D eigenvalue weighted by atomic mass is 32.2. The quantitative estimate of drug-likeness (QED) is 0.720. The van der Waals surface area contributed by atoms with Gasteiger partial charge in [0.1, 0.15) is 0 Å². The lowest BCUT2D eigenvalue weighted by atomic mass is 10.6. The lowest BCUT2D eigenvalue weighted by Crippen LogP contribution is -1.86. The highest BCUT2D eigenvalue weighted by Gasteiger charge is 2.10. The molecule has 1 heterocycles. The highest BCUT2D eigenvalue weighted by molar-refractivity contribution is 8.03. The second-order valence-corrected chi connectivity index (χ2v) is 4.81. The first kappa shape index (κ1) is 10.4. The van der Waals surface area contributed by atoms with E-state index in [-0.39, 0.29) is 0 Å². The van der Waals surface area contributed by atoms with E-state index >= 15 is 0 Å². The van der Waals surface area contributed by atoms with Crippen LogP contribution in [-0.4, -0.2) is 23.3 Å². The van der Waals surface area contributed by atoms with E-state index in [1.165, 1.54) is 14.8 Å². The van der Waals surface area contributed by atoms with Gasteiger partial charge in [-0.1, -0.05) is 0 Å². The van der Waals surface area contributed by atoms with Crippen LogP contribution >= 0.6 is 35.3 Å². The zero-order chi connectivity index (χ0) is 9.14. The van der Waals surface area contributed by atoms with Gasteiger partial charge in [-0.05, 0) is 18.8 Å². The molecular weight excluding hydrogens is 206 g/mol. The van der Waals surface area contributed by atoms with Crippen LogP contribution < -0.4 is 0 Å². The molecule has 0 aromatic carbocycles. The van der Waals surface area contributed by atoms with Gasteiger partial charge >= 0.3 is 0 Å². The van der Waals surface area contributed by atoms with Crippen molar-refractivity contribution >= 4 is 35.3 Å². The number of hydrogen-bond acceptors (Lipinski definition) is 3. The Balaban J connectivity index is 3.16. The molecule has 0 saturated carbocycles. The Morgan fingerprint density at radius 1 is 1.08 bits per heavy atom. The second-order valence-electron chi connectivity index (χ2n) is 2.35. The van der Waals surface area contributed by atoms with Gasteiger partial charge in [0.2, 0.25) is 0 Å². The summed E-state index contributed by atoms with van der Waals surface area (Å²) in [7, 11) is 2.10. The van der Waals surface area contributed by atoms with Crippen molar-refractivity contribution in [2.24, 2.45) is 7.05 Å². The minimum atomic E-state index is 1.37. The lowest BCUT2D eigenvalue weighted by molar-refractivity contribution is 0.809. The van der Waals surface area contributed by atoms with Crippen LogP contribution in [0.15, 0.2) is 21.0 Å². The molecule has 0 unspecified atom stereocenters. The van der Waals surface area contributed by atoms with E-state index in [4.69, 9.17) is 0 Å². The summed E-state index contributed by atoms with van der Waals surface area (Å²) in [6.45, 7) is 0. The molecule has 1 aromatic rings. The van der Waals surface area contributed by atoms with Crippen molar-refractivity contribution in [3.63, 3.8) is 0 Å². The molecular formula is C8H13NS3. The predicted octanol–water partition coefficient (Wildman–Crippen LogP) is 3.19. The van der Waals surface area contributed by atoms with Crippen LogP contribution in [-0.2, 0) is 7.05 Å². The summed E-state index contributed by atoms with van der Waals surface area (Å²) in [6.07, 6.45) is 8.58. The molecule has 0 amide bonds. The number of aromatic nitrogens is 1. The van der Waals surface area contributed by atoms with Crippen molar-refractivity contribution in [2.75, 3.05) is 18.8 Å². The molecule has 0 aliphatic rings. The maximum atomic E-state index is 2.20. The van der Waals surface area contributed by atoms with Crippen LogP contribution in [0.1, 0.15) is 0 Å². The first-order valence-electron chi connectivity index (χ1n) is 3.55. The number of hydrogen-bond donors (Lipinski definition) is 0. The van der Waals surface area contributed by atoms with Crippen molar-refractivity contribution < 1.29 is 0 Å². The molecule has 1 nitrogen and oxygen atoms in total. The SMILES string of the molecule is CSc1cn(C)c(SC)c1SC. The van der Waals surface area contributed by atoms with E-state index in [2.05, 4.69) is 36.6 Å². The van der Waals surface area contributed by atoms with Gasteiger partial charge in [0.15, 0.2) is 0 Å². The average Bonchev–Trinajstić information content (AvgIpc) is 2.40. The standard InChI is InChI=1S/C8H13NS3/c1-9-5-6(10-2)7(11-3)8(9)12-4/h5H,1-4H3. The molecule has 0 spiro atoms. The van der Waals surface area contributed by atoms with Crippen molar-refractivity contribution in [2.45, 2.75) is 14.8 Å². The van der Waals surface area contributed by atoms with Crippen molar-refractivity contribution in [3.8, 4) is 0 Å². The van der Waals surface area contributed by atoms with Crippen LogP contribution in [0.5, 0.6) is 0 Å². The molecule has 0 atom stereocenters. The van der Waals surface area contributed by atoms with Crippen LogP contribution in [0, 0.1) is 0 Å². The summed E-state index contributed by atoms with van der Waals surface area (Å²) >= 11 is 5.46. The molecule has 4 heteroatoms. The van der Waals surface area contributed by atoms with Gasteiger partial charge in [-0.3, -0.25) is 0 Å². The zero-order valence-electron chi connectivity index (χ0n) is 7.75. The van der Waals surface area contributed by atoms with E-state index < -0.39 is 0 Å². The predicted molar refractivity (Wildman–Crippen MR) is 60.8 cm³/mol. The Hall–Kier alpha value is 0.330. The number of rotatable bonds is 3. The Kier molecular flexibility index (Phi) is 3.93. The largest absolute Gasteiger partial charge is 0.344 e. The fraction of sp³-hybridized carbons (Fsp3) is 0.500. The molecule has 0 bridgehead atoms. The van der Waals surface area contributed by atoms with E-state index in [0.29, 0.717) is 0 Å². The Bertz CT molecular complexity index is 268. The van der Waals surface area contributed by atoms with Crippen molar-refractivity contribution in [1.82, 2.24) is 4.57 Å². The van der Waals surface area contributed by atoms with Gasteiger partial charge < -0.3 is 4.57 Å².